The Hall–Kier alpha value is -0.0800. The zero-order chi connectivity index (χ0) is 9.90. The molecule has 0 spiro atoms. The minimum atomic E-state index is 0.464. The number of hydrogen-bond donors (Lipinski definition) is 1. The van der Waals surface area contributed by atoms with Crippen molar-refractivity contribution in [1.29, 1.82) is 0 Å². The molecule has 1 fully saturated rings. The predicted molar refractivity (Wildman–Crippen MR) is 55.6 cm³/mol. The van der Waals surface area contributed by atoms with Crippen LogP contribution < -0.4 is 5.73 Å². The van der Waals surface area contributed by atoms with E-state index >= 15 is 0 Å². The molecule has 1 unspecified atom stereocenters. The highest BCUT2D eigenvalue weighted by Gasteiger charge is 2.33. The monoisotopic (exact) mass is 185 g/mol. The van der Waals surface area contributed by atoms with Crippen LogP contribution in [0.5, 0.6) is 0 Å². The Morgan fingerprint density at radius 2 is 2.15 bits per heavy atom. The first-order valence-corrected chi connectivity index (χ1v) is 5.38. The first kappa shape index (κ1) is 11.0. The predicted octanol–water partition coefficient (Wildman–Crippen LogP) is 2.18. The van der Waals surface area contributed by atoms with Crippen LogP contribution in [0.2, 0.25) is 0 Å². The standard InChI is InChI=1S/C11H23NO/c1-9-8-10(13-7-6-12)4-5-11(9,2)3/h9-10H,4-8,12H2,1-3H3/t9-,10?/m0/s1. The summed E-state index contributed by atoms with van der Waals surface area (Å²) in [7, 11) is 0. The Morgan fingerprint density at radius 1 is 1.46 bits per heavy atom. The number of rotatable bonds is 3. The summed E-state index contributed by atoms with van der Waals surface area (Å²) < 4.78 is 5.67. The SMILES string of the molecule is C[C@H]1CC(OCCN)CCC1(C)C. The molecule has 1 saturated carbocycles. The van der Waals surface area contributed by atoms with Gasteiger partial charge in [0.05, 0.1) is 12.7 Å². The summed E-state index contributed by atoms with van der Waals surface area (Å²) in [4.78, 5) is 0. The van der Waals surface area contributed by atoms with Crippen LogP contribution >= 0.6 is 0 Å². The Balaban J connectivity index is 2.33. The van der Waals surface area contributed by atoms with E-state index in [1.165, 1.54) is 19.3 Å². The molecule has 2 heteroatoms. The van der Waals surface area contributed by atoms with Crippen molar-refractivity contribution in [3.8, 4) is 0 Å². The number of nitrogens with two attached hydrogens (primary N) is 1. The van der Waals surface area contributed by atoms with Crippen LogP contribution in [0.4, 0.5) is 0 Å². The molecule has 1 rings (SSSR count). The molecule has 0 aromatic heterocycles. The van der Waals surface area contributed by atoms with Gasteiger partial charge in [-0.25, -0.2) is 0 Å². The minimum Gasteiger partial charge on any atom is -0.377 e. The summed E-state index contributed by atoms with van der Waals surface area (Å²) in [5.74, 6) is 0.768. The van der Waals surface area contributed by atoms with Crippen LogP contribution in [0.15, 0.2) is 0 Å². The van der Waals surface area contributed by atoms with E-state index in [4.69, 9.17) is 10.5 Å². The molecule has 2 N–H and O–H groups in total. The summed E-state index contributed by atoms with van der Waals surface area (Å²) in [6, 6.07) is 0. The average Bonchev–Trinajstić information content (AvgIpc) is 2.07. The molecule has 2 nitrogen and oxygen atoms in total. The van der Waals surface area contributed by atoms with Crippen LogP contribution in [0.3, 0.4) is 0 Å². The van der Waals surface area contributed by atoms with Crippen molar-refractivity contribution in [3.63, 3.8) is 0 Å². The third-order valence-corrected chi connectivity index (χ3v) is 3.53. The Morgan fingerprint density at radius 3 is 2.69 bits per heavy atom. The summed E-state index contributed by atoms with van der Waals surface area (Å²) >= 11 is 0. The topological polar surface area (TPSA) is 35.2 Å². The van der Waals surface area contributed by atoms with Gasteiger partial charge in [0.2, 0.25) is 0 Å². The quantitative estimate of drug-likeness (QED) is 0.731. The van der Waals surface area contributed by atoms with Gasteiger partial charge in [0.25, 0.3) is 0 Å². The van der Waals surface area contributed by atoms with Crippen molar-refractivity contribution in [3.05, 3.63) is 0 Å². The second-order valence-corrected chi connectivity index (χ2v) is 4.95. The maximum Gasteiger partial charge on any atom is 0.0592 e. The van der Waals surface area contributed by atoms with E-state index in [0.717, 1.165) is 12.5 Å². The summed E-state index contributed by atoms with van der Waals surface area (Å²) in [6.45, 7) is 8.41. The van der Waals surface area contributed by atoms with E-state index in [1.807, 2.05) is 0 Å². The van der Waals surface area contributed by atoms with Crippen molar-refractivity contribution < 1.29 is 4.74 Å². The second kappa shape index (κ2) is 4.43. The molecule has 0 aromatic rings. The molecule has 2 atom stereocenters. The van der Waals surface area contributed by atoms with Gasteiger partial charge in [0.15, 0.2) is 0 Å². The smallest absolute Gasteiger partial charge is 0.0592 e. The fourth-order valence-electron chi connectivity index (χ4n) is 2.00. The number of hydrogen-bond acceptors (Lipinski definition) is 2. The maximum atomic E-state index is 5.67. The van der Waals surface area contributed by atoms with E-state index in [0.29, 0.717) is 18.1 Å². The van der Waals surface area contributed by atoms with Crippen molar-refractivity contribution in [2.75, 3.05) is 13.2 Å². The lowest BCUT2D eigenvalue weighted by atomic mass is 9.69. The Labute approximate surface area is 81.8 Å². The zero-order valence-corrected chi connectivity index (χ0v) is 9.18. The molecule has 0 saturated heterocycles. The fourth-order valence-corrected chi connectivity index (χ4v) is 2.00. The highest BCUT2D eigenvalue weighted by molar-refractivity contribution is 4.84. The lowest BCUT2D eigenvalue weighted by Crippen LogP contribution is -2.34. The molecule has 0 radical (unpaired) electrons. The maximum absolute atomic E-state index is 5.67. The lowest BCUT2D eigenvalue weighted by molar-refractivity contribution is -0.0175. The van der Waals surface area contributed by atoms with Crippen LogP contribution in [-0.2, 0) is 4.74 Å². The molecule has 1 aliphatic carbocycles. The third-order valence-electron chi connectivity index (χ3n) is 3.53. The van der Waals surface area contributed by atoms with E-state index < -0.39 is 0 Å². The van der Waals surface area contributed by atoms with Crippen molar-refractivity contribution >= 4 is 0 Å². The number of ether oxygens (including phenoxy) is 1. The second-order valence-electron chi connectivity index (χ2n) is 4.95. The van der Waals surface area contributed by atoms with Gasteiger partial charge >= 0.3 is 0 Å². The van der Waals surface area contributed by atoms with Crippen molar-refractivity contribution in [2.24, 2.45) is 17.1 Å². The fraction of sp³-hybridized carbons (Fsp3) is 1.00. The minimum absolute atomic E-state index is 0.464. The molecule has 0 heterocycles. The molecule has 78 valence electrons. The van der Waals surface area contributed by atoms with E-state index in [1.54, 1.807) is 0 Å². The van der Waals surface area contributed by atoms with Gasteiger partial charge in [-0.1, -0.05) is 20.8 Å². The summed E-state index contributed by atoms with van der Waals surface area (Å²) in [5, 5.41) is 0. The highest BCUT2D eigenvalue weighted by Crippen LogP contribution is 2.40. The van der Waals surface area contributed by atoms with Gasteiger partial charge in [0, 0.05) is 6.54 Å². The van der Waals surface area contributed by atoms with Gasteiger partial charge in [-0.05, 0) is 30.6 Å². The first-order chi connectivity index (χ1) is 6.06. The largest absolute Gasteiger partial charge is 0.377 e. The summed E-state index contributed by atoms with van der Waals surface area (Å²) in [5.41, 5.74) is 5.91. The molecular weight excluding hydrogens is 162 g/mol. The molecule has 1 aliphatic rings. The third kappa shape index (κ3) is 2.96. The van der Waals surface area contributed by atoms with Crippen LogP contribution in [-0.4, -0.2) is 19.3 Å². The van der Waals surface area contributed by atoms with Crippen LogP contribution in [0, 0.1) is 11.3 Å². The summed E-state index contributed by atoms with van der Waals surface area (Å²) in [6.07, 6.45) is 4.15. The van der Waals surface area contributed by atoms with Gasteiger partial charge in [0.1, 0.15) is 0 Å². The Bertz CT molecular complexity index is 156. The normalized spacial score (nSPS) is 33.2. The molecular formula is C11H23NO. The van der Waals surface area contributed by atoms with Gasteiger partial charge < -0.3 is 10.5 Å². The molecule has 13 heavy (non-hydrogen) atoms. The van der Waals surface area contributed by atoms with Gasteiger partial charge in [-0.15, -0.1) is 0 Å². The van der Waals surface area contributed by atoms with Crippen LogP contribution in [0.1, 0.15) is 40.0 Å². The molecule has 0 aromatic carbocycles. The lowest BCUT2D eigenvalue weighted by Gasteiger charge is -2.40. The highest BCUT2D eigenvalue weighted by atomic mass is 16.5. The van der Waals surface area contributed by atoms with E-state index in [2.05, 4.69) is 20.8 Å². The molecule has 0 aliphatic heterocycles. The van der Waals surface area contributed by atoms with E-state index in [-0.39, 0.29) is 0 Å². The van der Waals surface area contributed by atoms with Crippen LogP contribution in [0.25, 0.3) is 0 Å². The van der Waals surface area contributed by atoms with Gasteiger partial charge in [-0.3, -0.25) is 0 Å². The zero-order valence-electron chi connectivity index (χ0n) is 9.18. The first-order valence-electron chi connectivity index (χ1n) is 5.38. The van der Waals surface area contributed by atoms with Crippen molar-refractivity contribution in [1.82, 2.24) is 0 Å². The van der Waals surface area contributed by atoms with Gasteiger partial charge in [-0.2, -0.15) is 0 Å². The Kier molecular flexibility index (Phi) is 3.74. The van der Waals surface area contributed by atoms with E-state index in [9.17, 15) is 0 Å². The molecule has 0 bridgehead atoms. The average molecular weight is 185 g/mol. The molecule has 0 amide bonds. The van der Waals surface area contributed by atoms with Crippen molar-refractivity contribution in [2.45, 2.75) is 46.1 Å².